The zero-order valence-corrected chi connectivity index (χ0v) is 12.9. The molecule has 1 aliphatic carbocycles. The first kappa shape index (κ1) is 13.8. The van der Waals surface area contributed by atoms with Crippen molar-refractivity contribution in [2.45, 2.75) is 44.7 Å². The molecule has 5 nitrogen and oxygen atoms in total. The summed E-state index contributed by atoms with van der Waals surface area (Å²) in [7, 11) is 0. The van der Waals surface area contributed by atoms with Gasteiger partial charge in [-0.1, -0.05) is 13.8 Å². The largest absolute Gasteiger partial charge is 0.462 e. The van der Waals surface area contributed by atoms with Crippen molar-refractivity contribution in [1.29, 1.82) is 0 Å². The molecule has 0 radical (unpaired) electrons. The second-order valence-corrected chi connectivity index (χ2v) is 6.81. The number of hydrogen-bond acceptors (Lipinski definition) is 4. The summed E-state index contributed by atoms with van der Waals surface area (Å²) in [6, 6.07) is 2.54. The summed E-state index contributed by atoms with van der Waals surface area (Å²) in [6.45, 7) is 5.32. The van der Waals surface area contributed by atoms with Crippen LogP contribution in [0.5, 0.6) is 0 Å². The molecule has 2 N–H and O–H groups in total. The molecule has 3 unspecified atom stereocenters. The lowest BCUT2D eigenvalue weighted by atomic mass is 10.0. The maximum atomic E-state index is 12.6. The summed E-state index contributed by atoms with van der Waals surface area (Å²) in [5.41, 5.74) is 2.11. The van der Waals surface area contributed by atoms with Crippen LogP contribution < -0.4 is 10.6 Å². The molecule has 5 heteroatoms. The van der Waals surface area contributed by atoms with E-state index in [1.807, 2.05) is 6.07 Å². The Morgan fingerprint density at radius 3 is 3.00 bits per heavy atom. The van der Waals surface area contributed by atoms with Crippen molar-refractivity contribution in [3.05, 3.63) is 29.8 Å². The van der Waals surface area contributed by atoms with Crippen LogP contribution in [0.1, 0.15) is 48.7 Å². The quantitative estimate of drug-likeness (QED) is 0.913. The zero-order chi connectivity index (χ0) is 15.3. The van der Waals surface area contributed by atoms with Crippen molar-refractivity contribution in [2.24, 2.45) is 5.92 Å². The van der Waals surface area contributed by atoms with Crippen LogP contribution >= 0.6 is 0 Å². The van der Waals surface area contributed by atoms with Gasteiger partial charge in [0.15, 0.2) is 11.3 Å². The number of carbonyl (C=O) groups excluding carboxylic acids is 1. The molecule has 116 valence electrons. The Balaban J connectivity index is 1.62. The zero-order valence-electron chi connectivity index (χ0n) is 12.9. The fourth-order valence-electron chi connectivity index (χ4n) is 3.84. The third-order valence-corrected chi connectivity index (χ3v) is 5.00. The summed E-state index contributed by atoms with van der Waals surface area (Å²) >= 11 is 0. The molecule has 3 atom stereocenters. The van der Waals surface area contributed by atoms with Gasteiger partial charge in [-0.3, -0.25) is 4.79 Å². The highest BCUT2D eigenvalue weighted by Gasteiger charge is 2.40. The minimum atomic E-state index is -0.130. The SMILES string of the molecule is CC(C)c1coc2c(C(=O)NC3CC4CNC3C4)nccc12. The topological polar surface area (TPSA) is 67.2 Å². The normalized spacial score (nSPS) is 27.0. The fraction of sp³-hybridized carbons (Fsp3) is 0.529. The molecule has 2 aliphatic rings. The van der Waals surface area contributed by atoms with Gasteiger partial charge < -0.3 is 15.1 Å². The molecule has 1 saturated heterocycles. The summed E-state index contributed by atoms with van der Waals surface area (Å²) in [6.07, 6.45) is 5.67. The molecule has 1 saturated carbocycles. The number of nitrogens with zero attached hydrogens (tertiary/aromatic N) is 1. The molecule has 22 heavy (non-hydrogen) atoms. The Morgan fingerprint density at radius 2 is 2.32 bits per heavy atom. The van der Waals surface area contributed by atoms with Gasteiger partial charge in [0.05, 0.1) is 6.26 Å². The van der Waals surface area contributed by atoms with Crippen LogP contribution in [0.4, 0.5) is 0 Å². The smallest absolute Gasteiger partial charge is 0.274 e. The van der Waals surface area contributed by atoms with E-state index in [4.69, 9.17) is 4.42 Å². The van der Waals surface area contributed by atoms with Crippen molar-refractivity contribution >= 4 is 16.9 Å². The lowest BCUT2D eigenvalue weighted by Crippen LogP contribution is -2.48. The van der Waals surface area contributed by atoms with Gasteiger partial charge in [0.2, 0.25) is 0 Å². The number of hydrogen-bond donors (Lipinski definition) is 2. The number of furan rings is 1. The van der Waals surface area contributed by atoms with Gasteiger partial charge in [-0.25, -0.2) is 4.98 Å². The molecule has 4 rings (SSSR count). The van der Waals surface area contributed by atoms with Gasteiger partial charge in [-0.05, 0) is 37.3 Å². The van der Waals surface area contributed by atoms with E-state index in [9.17, 15) is 4.79 Å². The highest BCUT2D eigenvalue weighted by Crippen LogP contribution is 2.32. The van der Waals surface area contributed by atoms with E-state index in [-0.39, 0.29) is 11.9 Å². The lowest BCUT2D eigenvalue weighted by molar-refractivity contribution is 0.0924. The van der Waals surface area contributed by atoms with E-state index in [1.54, 1.807) is 12.5 Å². The minimum Gasteiger partial charge on any atom is -0.462 e. The second-order valence-electron chi connectivity index (χ2n) is 6.81. The standard InChI is InChI=1S/C17H21N3O2/c1-9(2)12-8-22-16-11(12)3-4-18-15(16)17(21)20-14-6-10-5-13(14)19-7-10/h3-4,8-10,13-14,19H,5-7H2,1-2H3,(H,20,21). The van der Waals surface area contributed by atoms with Crippen LogP contribution in [-0.4, -0.2) is 29.5 Å². The molecular formula is C17H21N3O2. The molecule has 2 aromatic heterocycles. The average Bonchev–Trinajstić information content (AvgIpc) is 3.20. The number of piperidine rings is 1. The maximum absolute atomic E-state index is 12.6. The molecule has 1 aliphatic heterocycles. The van der Waals surface area contributed by atoms with Gasteiger partial charge >= 0.3 is 0 Å². The monoisotopic (exact) mass is 299 g/mol. The number of pyridine rings is 1. The van der Waals surface area contributed by atoms with Gasteiger partial charge in [-0.2, -0.15) is 0 Å². The lowest BCUT2D eigenvalue weighted by Gasteiger charge is -2.23. The van der Waals surface area contributed by atoms with E-state index in [0.717, 1.165) is 23.9 Å². The number of carbonyl (C=O) groups is 1. The van der Waals surface area contributed by atoms with Crippen LogP contribution in [0.25, 0.3) is 11.0 Å². The van der Waals surface area contributed by atoms with Crippen LogP contribution in [0.15, 0.2) is 22.9 Å². The maximum Gasteiger partial charge on any atom is 0.274 e. The predicted molar refractivity (Wildman–Crippen MR) is 83.9 cm³/mol. The van der Waals surface area contributed by atoms with E-state index in [0.29, 0.717) is 29.2 Å². The van der Waals surface area contributed by atoms with Gasteiger partial charge in [-0.15, -0.1) is 0 Å². The van der Waals surface area contributed by atoms with Crippen molar-refractivity contribution in [1.82, 2.24) is 15.6 Å². The average molecular weight is 299 g/mol. The number of fused-ring (bicyclic) bond motifs is 3. The van der Waals surface area contributed by atoms with Crippen LogP contribution in [-0.2, 0) is 0 Å². The first-order valence-electron chi connectivity index (χ1n) is 8.04. The van der Waals surface area contributed by atoms with Crippen molar-refractivity contribution in [2.75, 3.05) is 6.54 Å². The Morgan fingerprint density at radius 1 is 1.45 bits per heavy atom. The van der Waals surface area contributed by atoms with Crippen molar-refractivity contribution < 1.29 is 9.21 Å². The van der Waals surface area contributed by atoms with Crippen molar-refractivity contribution in [3.8, 4) is 0 Å². The first-order chi connectivity index (χ1) is 10.6. The van der Waals surface area contributed by atoms with Crippen molar-refractivity contribution in [3.63, 3.8) is 0 Å². The third kappa shape index (κ3) is 2.11. The first-order valence-corrected chi connectivity index (χ1v) is 8.04. The van der Waals surface area contributed by atoms with E-state index < -0.39 is 0 Å². The Bertz CT molecular complexity index is 722. The predicted octanol–water partition coefficient (Wildman–Crippen LogP) is 2.43. The Kier molecular flexibility index (Phi) is 3.18. The van der Waals surface area contributed by atoms with Crippen LogP contribution in [0.2, 0.25) is 0 Å². The number of nitrogens with one attached hydrogen (secondary N) is 2. The summed E-state index contributed by atoms with van der Waals surface area (Å²) < 4.78 is 5.65. The summed E-state index contributed by atoms with van der Waals surface area (Å²) in [5, 5.41) is 7.58. The van der Waals surface area contributed by atoms with Gasteiger partial charge in [0.25, 0.3) is 5.91 Å². The highest BCUT2D eigenvalue weighted by molar-refractivity contribution is 6.03. The van der Waals surface area contributed by atoms with Gasteiger partial charge in [0.1, 0.15) is 0 Å². The molecular weight excluding hydrogens is 278 g/mol. The molecule has 2 aromatic rings. The number of amides is 1. The molecule has 0 aromatic carbocycles. The Hall–Kier alpha value is -1.88. The van der Waals surface area contributed by atoms with E-state index in [2.05, 4.69) is 29.5 Å². The third-order valence-electron chi connectivity index (χ3n) is 5.00. The van der Waals surface area contributed by atoms with Gasteiger partial charge in [0, 0.05) is 29.2 Å². The molecule has 2 bridgehead atoms. The fourth-order valence-corrected chi connectivity index (χ4v) is 3.84. The molecule has 3 heterocycles. The Labute approximate surface area is 129 Å². The summed E-state index contributed by atoms with van der Waals surface area (Å²) in [5.74, 6) is 0.930. The number of rotatable bonds is 3. The van der Waals surface area contributed by atoms with Crippen LogP contribution in [0.3, 0.4) is 0 Å². The molecule has 2 fully saturated rings. The summed E-state index contributed by atoms with van der Waals surface area (Å²) in [4.78, 5) is 16.9. The highest BCUT2D eigenvalue weighted by atomic mass is 16.3. The van der Waals surface area contributed by atoms with E-state index in [1.165, 1.54) is 6.42 Å². The minimum absolute atomic E-state index is 0.130. The van der Waals surface area contributed by atoms with Crippen LogP contribution in [0, 0.1) is 5.92 Å². The second kappa shape index (κ2) is 5.09. The van der Waals surface area contributed by atoms with E-state index >= 15 is 0 Å². The molecule has 1 amide bonds. The molecule has 0 spiro atoms. The number of aromatic nitrogens is 1.